The highest BCUT2D eigenvalue weighted by molar-refractivity contribution is 6.05. The number of carbonyl (C=O) groups is 2. The molecule has 3 aromatic rings. The Morgan fingerprint density at radius 1 is 0.931 bits per heavy atom. The lowest BCUT2D eigenvalue weighted by Gasteiger charge is -2.19. The molecule has 6 heteroatoms. The van der Waals surface area contributed by atoms with Crippen molar-refractivity contribution in [1.29, 1.82) is 0 Å². The number of hydrogen-bond donors (Lipinski definition) is 2. The molecule has 0 aliphatic rings. The second-order valence-corrected chi connectivity index (χ2v) is 7.63. The standard InChI is InChI=1S/C23H24N2O4/c1-23(2,3)16-9-7-15(8-10-16)21(26)24-17-11-12-18(20(14-17)28-4)25-22(27)19-6-5-13-29-19/h5-14H,1-4H3,(H,24,26)(H,25,27). The number of anilines is 2. The van der Waals surface area contributed by atoms with Crippen LogP contribution in [0.1, 0.15) is 47.2 Å². The highest BCUT2D eigenvalue weighted by Gasteiger charge is 2.16. The largest absolute Gasteiger partial charge is 0.494 e. The SMILES string of the molecule is COc1cc(NC(=O)c2ccc(C(C)(C)C)cc2)ccc1NC(=O)c1ccco1. The van der Waals surface area contributed by atoms with Crippen molar-refractivity contribution in [3.63, 3.8) is 0 Å². The van der Waals surface area contributed by atoms with Gasteiger partial charge in [-0.3, -0.25) is 9.59 Å². The first-order valence-corrected chi connectivity index (χ1v) is 9.23. The van der Waals surface area contributed by atoms with E-state index in [1.165, 1.54) is 13.4 Å². The quantitative estimate of drug-likeness (QED) is 0.634. The summed E-state index contributed by atoms with van der Waals surface area (Å²) in [5.41, 5.74) is 2.78. The zero-order valence-corrected chi connectivity index (χ0v) is 16.9. The molecule has 0 atom stereocenters. The van der Waals surface area contributed by atoms with Crippen LogP contribution >= 0.6 is 0 Å². The van der Waals surface area contributed by atoms with E-state index in [-0.39, 0.29) is 23.0 Å². The fraction of sp³-hybridized carbons (Fsp3) is 0.217. The molecule has 0 saturated carbocycles. The summed E-state index contributed by atoms with van der Waals surface area (Å²) in [4.78, 5) is 24.7. The Bertz CT molecular complexity index is 1000. The molecule has 0 radical (unpaired) electrons. The number of ether oxygens (including phenoxy) is 1. The maximum Gasteiger partial charge on any atom is 0.291 e. The molecule has 0 unspecified atom stereocenters. The maximum atomic E-state index is 12.6. The maximum absolute atomic E-state index is 12.6. The number of amides is 2. The Morgan fingerprint density at radius 2 is 1.66 bits per heavy atom. The number of furan rings is 1. The average molecular weight is 392 g/mol. The molecule has 29 heavy (non-hydrogen) atoms. The number of carbonyl (C=O) groups excluding carboxylic acids is 2. The van der Waals surface area contributed by atoms with Crippen molar-refractivity contribution in [1.82, 2.24) is 0 Å². The molecule has 0 saturated heterocycles. The highest BCUT2D eigenvalue weighted by Crippen LogP contribution is 2.29. The van der Waals surface area contributed by atoms with E-state index in [0.717, 1.165) is 5.56 Å². The van der Waals surface area contributed by atoms with Gasteiger partial charge in [0.15, 0.2) is 5.76 Å². The molecule has 0 bridgehead atoms. The van der Waals surface area contributed by atoms with Crippen LogP contribution in [0.2, 0.25) is 0 Å². The first-order chi connectivity index (χ1) is 13.8. The third kappa shape index (κ3) is 4.85. The van der Waals surface area contributed by atoms with Gasteiger partial charge in [-0.2, -0.15) is 0 Å². The van der Waals surface area contributed by atoms with Gasteiger partial charge in [-0.25, -0.2) is 0 Å². The van der Waals surface area contributed by atoms with Crippen LogP contribution in [-0.4, -0.2) is 18.9 Å². The molecule has 1 aromatic heterocycles. The van der Waals surface area contributed by atoms with E-state index in [4.69, 9.17) is 9.15 Å². The third-order valence-corrected chi connectivity index (χ3v) is 4.47. The monoisotopic (exact) mass is 392 g/mol. The Balaban J connectivity index is 1.72. The molecule has 2 aromatic carbocycles. The molecule has 3 rings (SSSR count). The van der Waals surface area contributed by atoms with Gasteiger partial charge in [0.1, 0.15) is 5.75 Å². The number of benzene rings is 2. The third-order valence-electron chi connectivity index (χ3n) is 4.47. The summed E-state index contributed by atoms with van der Waals surface area (Å²) in [5.74, 6) is 0.0119. The summed E-state index contributed by atoms with van der Waals surface area (Å²) in [6.45, 7) is 6.38. The van der Waals surface area contributed by atoms with Gasteiger partial charge in [0.05, 0.1) is 19.1 Å². The lowest BCUT2D eigenvalue weighted by atomic mass is 9.87. The second kappa shape index (κ2) is 8.22. The first-order valence-electron chi connectivity index (χ1n) is 9.23. The summed E-state index contributed by atoms with van der Waals surface area (Å²) in [5, 5.41) is 5.58. The summed E-state index contributed by atoms with van der Waals surface area (Å²) in [6, 6.07) is 15.8. The minimum absolute atomic E-state index is 0.0261. The molecule has 0 fully saturated rings. The van der Waals surface area contributed by atoms with Gasteiger partial charge in [-0.15, -0.1) is 0 Å². The fourth-order valence-electron chi connectivity index (χ4n) is 2.79. The van der Waals surface area contributed by atoms with E-state index < -0.39 is 0 Å². The topological polar surface area (TPSA) is 80.6 Å². The lowest BCUT2D eigenvalue weighted by molar-refractivity contribution is 0.0994. The molecule has 2 N–H and O–H groups in total. The molecule has 0 aliphatic carbocycles. The van der Waals surface area contributed by atoms with E-state index in [9.17, 15) is 9.59 Å². The summed E-state index contributed by atoms with van der Waals surface area (Å²) in [6.07, 6.45) is 1.43. The van der Waals surface area contributed by atoms with Gasteiger partial charge < -0.3 is 19.8 Å². The highest BCUT2D eigenvalue weighted by atomic mass is 16.5. The Labute approximate surface area is 169 Å². The van der Waals surface area contributed by atoms with Gasteiger partial charge in [-0.05, 0) is 47.4 Å². The van der Waals surface area contributed by atoms with Crippen LogP contribution in [0, 0.1) is 0 Å². The van der Waals surface area contributed by atoms with Gasteiger partial charge in [0, 0.05) is 17.3 Å². The smallest absolute Gasteiger partial charge is 0.291 e. The lowest BCUT2D eigenvalue weighted by Crippen LogP contribution is -2.15. The summed E-state index contributed by atoms with van der Waals surface area (Å²) >= 11 is 0. The summed E-state index contributed by atoms with van der Waals surface area (Å²) in [7, 11) is 1.49. The van der Waals surface area contributed by atoms with Crippen LogP contribution in [0.25, 0.3) is 0 Å². The van der Waals surface area contributed by atoms with E-state index in [0.29, 0.717) is 22.7 Å². The zero-order valence-electron chi connectivity index (χ0n) is 16.9. The fourth-order valence-corrected chi connectivity index (χ4v) is 2.79. The van der Waals surface area contributed by atoms with Crippen molar-refractivity contribution in [2.45, 2.75) is 26.2 Å². The predicted molar refractivity (Wildman–Crippen MR) is 113 cm³/mol. The van der Waals surface area contributed by atoms with Crippen LogP contribution in [0.15, 0.2) is 65.3 Å². The van der Waals surface area contributed by atoms with Crippen LogP contribution in [-0.2, 0) is 5.41 Å². The van der Waals surface area contributed by atoms with Crippen LogP contribution < -0.4 is 15.4 Å². The Morgan fingerprint density at radius 3 is 2.24 bits per heavy atom. The minimum atomic E-state index is -0.385. The normalized spacial score (nSPS) is 11.0. The van der Waals surface area contributed by atoms with Crippen molar-refractivity contribution in [3.05, 3.63) is 77.7 Å². The van der Waals surface area contributed by atoms with Crippen molar-refractivity contribution in [3.8, 4) is 5.75 Å². The number of hydrogen-bond acceptors (Lipinski definition) is 4. The molecule has 1 heterocycles. The number of methoxy groups -OCH3 is 1. The van der Waals surface area contributed by atoms with E-state index in [1.54, 1.807) is 30.3 Å². The first kappa shape index (κ1) is 20.2. The molecular weight excluding hydrogens is 368 g/mol. The van der Waals surface area contributed by atoms with Crippen molar-refractivity contribution in [2.24, 2.45) is 0 Å². The zero-order chi connectivity index (χ0) is 21.0. The summed E-state index contributed by atoms with van der Waals surface area (Å²) < 4.78 is 10.4. The van der Waals surface area contributed by atoms with Crippen molar-refractivity contribution < 1.29 is 18.7 Å². The average Bonchev–Trinajstić information content (AvgIpc) is 3.23. The molecule has 0 spiro atoms. The minimum Gasteiger partial charge on any atom is -0.494 e. The Hall–Kier alpha value is -3.54. The van der Waals surface area contributed by atoms with E-state index in [1.807, 2.05) is 24.3 Å². The van der Waals surface area contributed by atoms with E-state index in [2.05, 4.69) is 31.4 Å². The number of rotatable bonds is 5. The van der Waals surface area contributed by atoms with E-state index >= 15 is 0 Å². The van der Waals surface area contributed by atoms with Crippen molar-refractivity contribution in [2.75, 3.05) is 17.7 Å². The van der Waals surface area contributed by atoms with Gasteiger partial charge in [0.2, 0.25) is 0 Å². The number of nitrogens with one attached hydrogen (secondary N) is 2. The van der Waals surface area contributed by atoms with Gasteiger partial charge in [0.25, 0.3) is 11.8 Å². The Kier molecular flexibility index (Phi) is 5.73. The molecule has 6 nitrogen and oxygen atoms in total. The van der Waals surface area contributed by atoms with Crippen LogP contribution in [0.3, 0.4) is 0 Å². The molecule has 150 valence electrons. The molecule has 0 aliphatic heterocycles. The predicted octanol–water partition coefficient (Wildman–Crippen LogP) is 5.09. The molecule has 2 amide bonds. The second-order valence-electron chi connectivity index (χ2n) is 7.63. The van der Waals surface area contributed by atoms with Crippen LogP contribution in [0.4, 0.5) is 11.4 Å². The van der Waals surface area contributed by atoms with Crippen LogP contribution in [0.5, 0.6) is 5.75 Å². The van der Waals surface area contributed by atoms with Gasteiger partial charge >= 0.3 is 0 Å². The van der Waals surface area contributed by atoms with Gasteiger partial charge in [-0.1, -0.05) is 32.9 Å². The molecular formula is C23H24N2O4. The van der Waals surface area contributed by atoms with Crippen molar-refractivity contribution >= 4 is 23.2 Å².